The zero-order valence-electron chi connectivity index (χ0n) is 15.3. The van der Waals surface area contributed by atoms with Gasteiger partial charge in [0.25, 0.3) is 0 Å². The van der Waals surface area contributed by atoms with Crippen LogP contribution in [0, 0.1) is 0 Å². The van der Waals surface area contributed by atoms with E-state index in [4.69, 9.17) is 11.6 Å². The fourth-order valence-corrected chi connectivity index (χ4v) is 4.15. The normalized spacial score (nSPS) is 15.4. The Bertz CT molecular complexity index is 1100. The van der Waals surface area contributed by atoms with E-state index in [0.717, 1.165) is 16.8 Å². The smallest absolute Gasteiger partial charge is 0.231 e. The molecule has 1 amide bonds. The molecule has 1 atom stereocenters. The van der Waals surface area contributed by atoms with E-state index < -0.39 is 0 Å². The van der Waals surface area contributed by atoms with E-state index in [1.54, 1.807) is 24.3 Å². The van der Waals surface area contributed by atoms with E-state index in [1.807, 2.05) is 36.7 Å². The van der Waals surface area contributed by atoms with Crippen LogP contribution in [0.5, 0.6) is 0 Å². The first kappa shape index (κ1) is 18.7. The lowest BCUT2D eigenvalue weighted by molar-refractivity contribution is -0.116. The molecule has 0 fully saturated rings. The Morgan fingerprint density at radius 2 is 2.04 bits per heavy atom. The lowest BCUT2D eigenvalue weighted by Gasteiger charge is -2.06. The molecule has 0 saturated heterocycles. The standard InChI is InChI=1S/C20H17ClN4O2S/c1-11-14-9-12(7-8-16(14)22-19(11)27)17(26)10-28-20-24-23-18(25(20)2)13-5-3-4-6-15(13)21/h3-9,11H,10H2,1-2H3,(H,22,27)/t11-/m0/s1. The molecule has 0 unspecified atom stereocenters. The summed E-state index contributed by atoms with van der Waals surface area (Å²) in [4.78, 5) is 24.4. The maximum absolute atomic E-state index is 12.6. The van der Waals surface area contributed by atoms with Crippen LogP contribution < -0.4 is 5.32 Å². The molecule has 6 nitrogen and oxygen atoms in total. The van der Waals surface area contributed by atoms with Crippen molar-refractivity contribution in [3.05, 3.63) is 58.6 Å². The number of anilines is 1. The Hall–Kier alpha value is -2.64. The molecule has 3 aromatic rings. The summed E-state index contributed by atoms with van der Waals surface area (Å²) in [5.41, 5.74) is 3.02. The van der Waals surface area contributed by atoms with Crippen molar-refractivity contribution < 1.29 is 9.59 Å². The van der Waals surface area contributed by atoms with Crippen LogP contribution in [0.3, 0.4) is 0 Å². The summed E-state index contributed by atoms with van der Waals surface area (Å²) >= 11 is 7.57. The summed E-state index contributed by atoms with van der Waals surface area (Å²) in [6.45, 7) is 1.83. The summed E-state index contributed by atoms with van der Waals surface area (Å²) in [6.07, 6.45) is 0. The largest absolute Gasteiger partial charge is 0.325 e. The van der Waals surface area contributed by atoms with Gasteiger partial charge in [-0.25, -0.2) is 0 Å². The van der Waals surface area contributed by atoms with Gasteiger partial charge < -0.3 is 9.88 Å². The number of ketones is 1. The highest BCUT2D eigenvalue weighted by molar-refractivity contribution is 7.99. The molecule has 1 aliphatic heterocycles. The highest BCUT2D eigenvalue weighted by Crippen LogP contribution is 2.33. The van der Waals surface area contributed by atoms with Crippen molar-refractivity contribution in [2.45, 2.75) is 18.0 Å². The molecule has 0 spiro atoms. The molecule has 2 heterocycles. The van der Waals surface area contributed by atoms with E-state index >= 15 is 0 Å². The van der Waals surface area contributed by atoms with Crippen molar-refractivity contribution in [1.29, 1.82) is 0 Å². The number of aromatic nitrogens is 3. The predicted octanol–water partition coefficient (Wildman–Crippen LogP) is 4.17. The lowest BCUT2D eigenvalue weighted by Crippen LogP contribution is -2.08. The Morgan fingerprint density at radius 1 is 1.25 bits per heavy atom. The molecular weight excluding hydrogens is 396 g/mol. The number of carbonyl (C=O) groups is 2. The molecule has 1 aliphatic rings. The number of nitrogens with one attached hydrogen (secondary N) is 1. The van der Waals surface area contributed by atoms with Gasteiger partial charge in [-0.2, -0.15) is 0 Å². The zero-order valence-corrected chi connectivity index (χ0v) is 16.8. The summed E-state index contributed by atoms with van der Waals surface area (Å²) < 4.78 is 1.83. The first-order valence-electron chi connectivity index (χ1n) is 8.71. The van der Waals surface area contributed by atoms with Crippen LogP contribution in [0.4, 0.5) is 5.69 Å². The van der Waals surface area contributed by atoms with Crippen LogP contribution in [-0.2, 0) is 11.8 Å². The average molecular weight is 413 g/mol. The number of rotatable bonds is 5. The second kappa shape index (κ2) is 7.41. The molecule has 0 radical (unpaired) electrons. The van der Waals surface area contributed by atoms with Crippen LogP contribution in [-0.4, -0.2) is 32.2 Å². The molecule has 1 N–H and O–H groups in total. The van der Waals surface area contributed by atoms with Gasteiger partial charge in [0, 0.05) is 23.9 Å². The van der Waals surface area contributed by atoms with Gasteiger partial charge in [-0.15, -0.1) is 10.2 Å². The minimum atomic E-state index is -0.243. The van der Waals surface area contributed by atoms with Crippen molar-refractivity contribution in [1.82, 2.24) is 14.8 Å². The maximum atomic E-state index is 12.6. The number of benzene rings is 2. The summed E-state index contributed by atoms with van der Waals surface area (Å²) in [6, 6.07) is 12.8. The van der Waals surface area contributed by atoms with Crippen LogP contribution in [0.15, 0.2) is 47.6 Å². The zero-order chi connectivity index (χ0) is 19.8. The van der Waals surface area contributed by atoms with Crippen molar-refractivity contribution in [2.75, 3.05) is 11.1 Å². The van der Waals surface area contributed by atoms with Gasteiger partial charge in [-0.1, -0.05) is 35.5 Å². The summed E-state index contributed by atoms with van der Waals surface area (Å²) in [5, 5.41) is 12.4. The van der Waals surface area contributed by atoms with Crippen LogP contribution in [0.2, 0.25) is 5.02 Å². The fourth-order valence-electron chi connectivity index (χ4n) is 3.12. The topological polar surface area (TPSA) is 76.9 Å². The SMILES string of the molecule is C[C@@H]1C(=O)Nc2ccc(C(=O)CSc3nnc(-c4ccccc4Cl)n3C)cc21. The van der Waals surface area contributed by atoms with Crippen molar-refractivity contribution >= 4 is 40.7 Å². The number of fused-ring (bicyclic) bond motifs is 1. The predicted molar refractivity (Wildman–Crippen MR) is 110 cm³/mol. The van der Waals surface area contributed by atoms with Gasteiger partial charge in [0.1, 0.15) is 0 Å². The average Bonchev–Trinajstić information content (AvgIpc) is 3.19. The van der Waals surface area contributed by atoms with Gasteiger partial charge in [-0.05, 0) is 42.8 Å². The van der Waals surface area contributed by atoms with Gasteiger partial charge in [-0.3, -0.25) is 9.59 Å². The van der Waals surface area contributed by atoms with E-state index in [9.17, 15) is 9.59 Å². The quantitative estimate of drug-likeness (QED) is 0.502. The number of hydrogen-bond acceptors (Lipinski definition) is 5. The molecule has 2 aromatic carbocycles. The van der Waals surface area contributed by atoms with Gasteiger partial charge >= 0.3 is 0 Å². The van der Waals surface area contributed by atoms with Crippen molar-refractivity contribution in [3.8, 4) is 11.4 Å². The van der Waals surface area contributed by atoms with Crippen LogP contribution in [0.25, 0.3) is 11.4 Å². The number of carbonyl (C=O) groups excluding carboxylic acids is 2. The van der Waals surface area contributed by atoms with Crippen LogP contribution >= 0.6 is 23.4 Å². The molecular formula is C20H17ClN4O2S. The Morgan fingerprint density at radius 3 is 2.82 bits per heavy atom. The second-order valence-corrected chi connectivity index (χ2v) is 7.92. The minimum Gasteiger partial charge on any atom is -0.325 e. The van der Waals surface area contributed by atoms with E-state index in [1.165, 1.54) is 11.8 Å². The third-order valence-electron chi connectivity index (χ3n) is 4.77. The van der Waals surface area contributed by atoms with E-state index in [0.29, 0.717) is 21.6 Å². The minimum absolute atomic E-state index is 0.0263. The number of amides is 1. The monoisotopic (exact) mass is 412 g/mol. The second-order valence-electron chi connectivity index (χ2n) is 6.57. The molecule has 1 aromatic heterocycles. The number of nitrogens with zero attached hydrogens (tertiary/aromatic N) is 3. The third-order valence-corrected chi connectivity index (χ3v) is 6.12. The van der Waals surface area contributed by atoms with Crippen molar-refractivity contribution in [3.63, 3.8) is 0 Å². The first-order chi connectivity index (χ1) is 13.5. The van der Waals surface area contributed by atoms with E-state index in [-0.39, 0.29) is 23.4 Å². The summed E-state index contributed by atoms with van der Waals surface area (Å²) in [7, 11) is 1.85. The molecule has 142 valence electrons. The molecule has 0 aliphatic carbocycles. The number of Topliss-reactive ketones (excluding diaryl/α,β-unsaturated/α-hetero) is 1. The Kier molecular flexibility index (Phi) is 4.95. The number of halogens is 1. The maximum Gasteiger partial charge on any atom is 0.231 e. The Balaban J connectivity index is 1.49. The van der Waals surface area contributed by atoms with Gasteiger partial charge in [0.2, 0.25) is 5.91 Å². The lowest BCUT2D eigenvalue weighted by atomic mass is 9.99. The van der Waals surface area contributed by atoms with Crippen LogP contribution in [0.1, 0.15) is 28.8 Å². The van der Waals surface area contributed by atoms with E-state index in [2.05, 4.69) is 15.5 Å². The molecule has 0 bridgehead atoms. The number of hydrogen-bond donors (Lipinski definition) is 1. The third kappa shape index (κ3) is 3.31. The molecule has 4 rings (SSSR count). The Labute approximate surface area is 171 Å². The van der Waals surface area contributed by atoms with Gasteiger partial charge in [0.15, 0.2) is 16.8 Å². The highest BCUT2D eigenvalue weighted by atomic mass is 35.5. The van der Waals surface area contributed by atoms with Gasteiger partial charge in [0.05, 0.1) is 16.7 Å². The van der Waals surface area contributed by atoms with Crippen molar-refractivity contribution in [2.24, 2.45) is 7.05 Å². The summed E-state index contributed by atoms with van der Waals surface area (Å²) in [5.74, 6) is 0.564. The molecule has 0 saturated carbocycles. The molecule has 28 heavy (non-hydrogen) atoms. The highest BCUT2D eigenvalue weighted by Gasteiger charge is 2.27. The number of thioether (sulfide) groups is 1. The fraction of sp³-hybridized carbons (Fsp3) is 0.200. The first-order valence-corrected chi connectivity index (χ1v) is 10.1. The molecule has 8 heteroatoms.